The van der Waals surface area contributed by atoms with Gasteiger partial charge in [0.25, 0.3) is 0 Å². The number of rotatable bonds is 4. The van der Waals surface area contributed by atoms with Crippen molar-refractivity contribution in [2.45, 2.75) is 71.8 Å². The molecule has 2 rings (SSSR count). The Balaban J connectivity index is 1.85. The molecule has 0 aromatic carbocycles. The van der Waals surface area contributed by atoms with Crippen molar-refractivity contribution in [1.82, 2.24) is 0 Å². The molecule has 0 aliphatic heterocycles. The molecule has 3 heteroatoms. The Morgan fingerprint density at radius 1 is 1.30 bits per heavy atom. The van der Waals surface area contributed by atoms with Crippen molar-refractivity contribution >= 4 is 11.8 Å². The van der Waals surface area contributed by atoms with Crippen LogP contribution >= 0.6 is 0 Å². The average Bonchev–Trinajstić information content (AvgIpc) is 2.79. The Morgan fingerprint density at radius 2 is 2.05 bits per heavy atom. The summed E-state index contributed by atoms with van der Waals surface area (Å²) in [5.41, 5.74) is 0. The highest BCUT2D eigenvalue weighted by atomic mass is 16.5. The number of carbonyl (C=O) groups excluding carboxylic acids is 2. The molecule has 2 aliphatic rings. The van der Waals surface area contributed by atoms with Gasteiger partial charge in [0.15, 0.2) is 0 Å². The van der Waals surface area contributed by atoms with Gasteiger partial charge in [-0.1, -0.05) is 13.8 Å². The van der Waals surface area contributed by atoms with Crippen LogP contribution in [0.3, 0.4) is 0 Å². The zero-order chi connectivity index (χ0) is 14.7. The average molecular weight is 280 g/mol. The topological polar surface area (TPSA) is 43.4 Å². The summed E-state index contributed by atoms with van der Waals surface area (Å²) in [4.78, 5) is 23.0. The second kappa shape index (κ2) is 6.73. The first-order chi connectivity index (χ1) is 9.47. The molecule has 0 aromatic rings. The zero-order valence-electron chi connectivity index (χ0n) is 13.1. The first-order valence-electron chi connectivity index (χ1n) is 8.17. The lowest BCUT2D eigenvalue weighted by Crippen LogP contribution is -2.29. The van der Waals surface area contributed by atoms with Crippen molar-refractivity contribution in [1.29, 1.82) is 0 Å². The van der Waals surface area contributed by atoms with Crippen molar-refractivity contribution in [3.8, 4) is 0 Å². The molecule has 0 amide bonds. The van der Waals surface area contributed by atoms with Crippen LogP contribution in [0, 0.1) is 23.7 Å². The molecule has 20 heavy (non-hydrogen) atoms. The summed E-state index contributed by atoms with van der Waals surface area (Å²) < 4.78 is 5.44. The van der Waals surface area contributed by atoms with Crippen LogP contribution in [0.2, 0.25) is 0 Å². The molecule has 0 spiro atoms. The molecule has 114 valence electrons. The quantitative estimate of drug-likeness (QED) is 0.737. The maximum Gasteiger partial charge on any atom is 0.302 e. The molecule has 0 heterocycles. The van der Waals surface area contributed by atoms with E-state index < -0.39 is 0 Å². The third kappa shape index (κ3) is 3.83. The van der Waals surface area contributed by atoms with Crippen LogP contribution in [0.15, 0.2) is 0 Å². The van der Waals surface area contributed by atoms with E-state index in [1.54, 1.807) is 0 Å². The molecule has 0 N–H and O–H groups in total. The van der Waals surface area contributed by atoms with Crippen molar-refractivity contribution < 1.29 is 14.3 Å². The minimum Gasteiger partial charge on any atom is -0.462 e. The van der Waals surface area contributed by atoms with E-state index in [0.717, 1.165) is 32.1 Å². The number of ether oxygens (including phenoxy) is 1. The van der Waals surface area contributed by atoms with E-state index >= 15 is 0 Å². The van der Waals surface area contributed by atoms with Gasteiger partial charge < -0.3 is 4.74 Å². The first-order valence-corrected chi connectivity index (χ1v) is 8.17. The van der Waals surface area contributed by atoms with E-state index in [9.17, 15) is 9.59 Å². The monoisotopic (exact) mass is 280 g/mol. The fraction of sp³-hybridized carbons (Fsp3) is 0.882. The van der Waals surface area contributed by atoms with Gasteiger partial charge in [0.1, 0.15) is 11.9 Å². The number of Topliss-reactive ketones (excluding diaryl/α,β-unsaturated/α-hetero) is 1. The minimum atomic E-state index is -0.156. The SMILES string of the molecule is CC(=O)O[C@H]1CCC[C@H]1C[C@@H](C)C1CC[C@H](C)C(=O)C1. The molecule has 0 aromatic heterocycles. The standard InChI is InChI=1S/C17H28O3/c1-11-7-8-14(10-16(11)19)12(2)9-15-5-4-6-17(15)20-13(3)18/h11-12,14-15,17H,4-10H2,1-3H3/t11-,12+,14?,15-,17-/m0/s1. The van der Waals surface area contributed by atoms with E-state index in [1.165, 1.54) is 19.8 Å². The highest BCUT2D eigenvalue weighted by molar-refractivity contribution is 5.81. The molecule has 1 unspecified atom stereocenters. The largest absolute Gasteiger partial charge is 0.462 e. The van der Waals surface area contributed by atoms with Crippen LogP contribution < -0.4 is 0 Å². The first kappa shape index (κ1) is 15.5. The van der Waals surface area contributed by atoms with Gasteiger partial charge in [-0.15, -0.1) is 0 Å². The lowest BCUT2D eigenvalue weighted by Gasteiger charge is -2.32. The number of carbonyl (C=O) groups is 2. The summed E-state index contributed by atoms with van der Waals surface area (Å²) in [5, 5.41) is 0. The van der Waals surface area contributed by atoms with Crippen LogP contribution in [0.1, 0.15) is 65.7 Å². The third-order valence-electron chi connectivity index (χ3n) is 5.37. The Labute approximate surface area is 122 Å². The highest BCUT2D eigenvalue weighted by Crippen LogP contribution is 2.39. The van der Waals surface area contributed by atoms with E-state index in [4.69, 9.17) is 4.74 Å². The molecule has 0 saturated heterocycles. The lowest BCUT2D eigenvalue weighted by atomic mass is 9.73. The highest BCUT2D eigenvalue weighted by Gasteiger charge is 2.34. The lowest BCUT2D eigenvalue weighted by molar-refractivity contribution is -0.148. The number of hydrogen-bond acceptors (Lipinski definition) is 3. The Morgan fingerprint density at radius 3 is 2.70 bits per heavy atom. The normalized spacial score (nSPS) is 35.9. The van der Waals surface area contributed by atoms with Crippen LogP contribution in [0.4, 0.5) is 0 Å². The van der Waals surface area contributed by atoms with Crippen molar-refractivity contribution in [3.05, 3.63) is 0 Å². The van der Waals surface area contributed by atoms with Gasteiger partial charge >= 0.3 is 5.97 Å². The molecule has 5 atom stereocenters. The van der Waals surface area contributed by atoms with Crippen molar-refractivity contribution in [2.75, 3.05) is 0 Å². The summed E-state index contributed by atoms with van der Waals surface area (Å²) in [5.74, 6) is 2.15. The van der Waals surface area contributed by atoms with Crippen molar-refractivity contribution in [3.63, 3.8) is 0 Å². The number of ketones is 1. The fourth-order valence-electron chi connectivity index (χ4n) is 3.98. The molecule has 2 fully saturated rings. The minimum absolute atomic E-state index is 0.119. The molecule has 0 radical (unpaired) electrons. The third-order valence-corrected chi connectivity index (χ3v) is 5.37. The van der Waals surface area contributed by atoms with E-state index in [0.29, 0.717) is 23.5 Å². The van der Waals surface area contributed by atoms with E-state index in [-0.39, 0.29) is 18.0 Å². The van der Waals surface area contributed by atoms with Gasteiger partial charge in [-0.05, 0) is 56.3 Å². The summed E-state index contributed by atoms with van der Waals surface area (Å²) in [6, 6.07) is 0. The van der Waals surface area contributed by atoms with Gasteiger partial charge in [0, 0.05) is 19.3 Å². The molecular weight excluding hydrogens is 252 g/mol. The second-order valence-corrected chi connectivity index (χ2v) is 6.96. The van der Waals surface area contributed by atoms with E-state index in [1.807, 2.05) is 0 Å². The molecule has 2 saturated carbocycles. The van der Waals surface area contributed by atoms with Gasteiger partial charge in [-0.25, -0.2) is 0 Å². The Kier molecular flexibility index (Phi) is 5.22. The fourth-order valence-corrected chi connectivity index (χ4v) is 3.98. The maximum atomic E-state index is 11.9. The molecule has 0 bridgehead atoms. The zero-order valence-corrected chi connectivity index (χ0v) is 13.1. The summed E-state index contributed by atoms with van der Waals surface area (Å²) in [6.07, 6.45) is 7.54. The summed E-state index contributed by atoms with van der Waals surface area (Å²) in [6.45, 7) is 5.83. The van der Waals surface area contributed by atoms with Crippen LogP contribution in [-0.4, -0.2) is 17.9 Å². The Hall–Kier alpha value is -0.860. The van der Waals surface area contributed by atoms with Crippen LogP contribution in [-0.2, 0) is 14.3 Å². The summed E-state index contributed by atoms with van der Waals surface area (Å²) in [7, 11) is 0. The number of hydrogen-bond donors (Lipinski definition) is 0. The molecule has 3 nitrogen and oxygen atoms in total. The molecule has 2 aliphatic carbocycles. The predicted octanol–water partition coefficient (Wildman–Crippen LogP) is 3.75. The van der Waals surface area contributed by atoms with Gasteiger partial charge in [0.2, 0.25) is 0 Å². The predicted molar refractivity (Wildman–Crippen MR) is 78.2 cm³/mol. The van der Waals surface area contributed by atoms with Gasteiger partial charge in [-0.3, -0.25) is 9.59 Å². The molecular formula is C17H28O3. The van der Waals surface area contributed by atoms with E-state index in [2.05, 4.69) is 13.8 Å². The maximum absolute atomic E-state index is 11.9. The Bertz CT molecular complexity index is 363. The number of esters is 1. The van der Waals surface area contributed by atoms with Gasteiger partial charge in [-0.2, -0.15) is 0 Å². The van der Waals surface area contributed by atoms with Crippen LogP contribution in [0.5, 0.6) is 0 Å². The van der Waals surface area contributed by atoms with Crippen molar-refractivity contribution in [2.24, 2.45) is 23.7 Å². The van der Waals surface area contributed by atoms with Gasteiger partial charge in [0.05, 0.1) is 0 Å². The smallest absolute Gasteiger partial charge is 0.302 e. The van der Waals surface area contributed by atoms with Crippen LogP contribution in [0.25, 0.3) is 0 Å². The second-order valence-electron chi connectivity index (χ2n) is 6.96. The summed E-state index contributed by atoms with van der Waals surface area (Å²) >= 11 is 0.